The van der Waals surface area contributed by atoms with E-state index in [1.54, 1.807) is 6.07 Å². The summed E-state index contributed by atoms with van der Waals surface area (Å²) < 4.78 is 0.694. The molecule has 16 heavy (non-hydrogen) atoms. The Morgan fingerprint density at radius 3 is 2.81 bits per heavy atom. The van der Waals surface area contributed by atoms with Crippen LogP contribution < -0.4 is 5.32 Å². The van der Waals surface area contributed by atoms with Crippen LogP contribution in [0.1, 0.15) is 43.1 Å². The summed E-state index contributed by atoms with van der Waals surface area (Å²) >= 11 is 3.27. The Labute approximate surface area is 104 Å². The molecular weight excluding hydrogens is 268 g/mol. The van der Waals surface area contributed by atoms with Gasteiger partial charge in [0.25, 0.3) is 5.91 Å². The molecule has 0 saturated heterocycles. The number of hydrogen-bond donors (Lipinski definition) is 1. The summed E-state index contributed by atoms with van der Waals surface area (Å²) in [6.45, 7) is 2.12. The number of aromatic nitrogens is 1. The Bertz CT molecular complexity index is 396. The lowest BCUT2D eigenvalue weighted by Gasteiger charge is -2.41. The molecule has 0 radical (unpaired) electrons. The number of carbonyl (C=O) groups excluding carboxylic acids is 1. The molecule has 0 bridgehead atoms. The standard InChI is InChI=1S/C12H15BrN2O/c1-2-12(7-4-8-12)15-11(16)9-5-3-6-10(13)14-9/h3,5-6H,2,4,7-8H2,1H3,(H,15,16). The monoisotopic (exact) mass is 282 g/mol. The summed E-state index contributed by atoms with van der Waals surface area (Å²) in [6.07, 6.45) is 4.37. The van der Waals surface area contributed by atoms with E-state index in [2.05, 4.69) is 33.2 Å². The number of pyridine rings is 1. The van der Waals surface area contributed by atoms with Crippen molar-refractivity contribution in [3.63, 3.8) is 0 Å². The van der Waals surface area contributed by atoms with Crippen LogP contribution in [0.25, 0.3) is 0 Å². The van der Waals surface area contributed by atoms with Crippen LogP contribution >= 0.6 is 15.9 Å². The Hall–Kier alpha value is -0.900. The third-order valence-electron chi connectivity index (χ3n) is 3.31. The van der Waals surface area contributed by atoms with Gasteiger partial charge in [-0.1, -0.05) is 13.0 Å². The van der Waals surface area contributed by atoms with Crippen LogP contribution in [-0.4, -0.2) is 16.4 Å². The molecule has 1 N–H and O–H groups in total. The zero-order chi connectivity index (χ0) is 11.6. The molecule has 0 spiro atoms. The van der Waals surface area contributed by atoms with Gasteiger partial charge in [0.15, 0.2) is 0 Å². The minimum atomic E-state index is -0.0668. The molecule has 1 aromatic heterocycles. The Balaban J connectivity index is 2.08. The maximum absolute atomic E-state index is 12.0. The minimum Gasteiger partial charge on any atom is -0.345 e. The van der Waals surface area contributed by atoms with Gasteiger partial charge in [-0.05, 0) is 53.7 Å². The number of amides is 1. The number of carbonyl (C=O) groups is 1. The average Bonchev–Trinajstić information content (AvgIpc) is 2.23. The molecular formula is C12H15BrN2O. The van der Waals surface area contributed by atoms with Gasteiger partial charge < -0.3 is 5.32 Å². The molecule has 86 valence electrons. The third-order valence-corrected chi connectivity index (χ3v) is 3.76. The summed E-state index contributed by atoms with van der Waals surface area (Å²) in [4.78, 5) is 16.1. The predicted octanol–water partition coefficient (Wildman–Crippen LogP) is 2.91. The normalized spacial score (nSPS) is 17.6. The van der Waals surface area contributed by atoms with Crippen molar-refractivity contribution in [1.82, 2.24) is 10.3 Å². The van der Waals surface area contributed by atoms with Crippen LogP contribution in [0.2, 0.25) is 0 Å². The molecule has 1 aliphatic rings. The number of nitrogens with zero attached hydrogens (tertiary/aromatic N) is 1. The molecule has 0 atom stereocenters. The topological polar surface area (TPSA) is 42.0 Å². The van der Waals surface area contributed by atoms with Crippen molar-refractivity contribution >= 4 is 21.8 Å². The summed E-state index contributed by atoms with van der Waals surface area (Å²) in [5.41, 5.74) is 0.509. The van der Waals surface area contributed by atoms with E-state index in [1.807, 2.05) is 12.1 Å². The van der Waals surface area contributed by atoms with Crippen molar-refractivity contribution in [2.45, 2.75) is 38.1 Å². The first-order valence-electron chi connectivity index (χ1n) is 5.60. The van der Waals surface area contributed by atoms with Crippen molar-refractivity contribution in [3.05, 3.63) is 28.5 Å². The van der Waals surface area contributed by atoms with Crippen LogP contribution in [0.4, 0.5) is 0 Å². The van der Waals surface area contributed by atoms with Gasteiger partial charge in [0.05, 0.1) is 0 Å². The first-order valence-corrected chi connectivity index (χ1v) is 6.40. The van der Waals surface area contributed by atoms with E-state index in [4.69, 9.17) is 0 Å². The van der Waals surface area contributed by atoms with Gasteiger partial charge in [-0.2, -0.15) is 0 Å². The highest BCUT2D eigenvalue weighted by atomic mass is 79.9. The minimum absolute atomic E-state index is 0.0289. The van der Waals surface area contributed by atoms with Gasteiger partial charge in [-0.25, -0.2) is 4.98 Å². The van der Waals surface area contributed by atoms with Crippen molar-refractivity contribution < 1.29 is 4.79 Å². The molecule has 1 saturated carbocycles. The molecule has 0 aromatic carbocycles. The van der Waals surface area contributed by atoms with Crippen LogP contribution in [0.5, 0.6) is 0 Å². The van der Waals surface area contributed by atoms with Gasteiger partial charge >= 0.3 is 0 Å². The molecule has 2 rings (SSSR count). The van der Waals surface area contributed by atoms with E-state index in [0.29, 0.717) is 10.3 Å². The lowest BCUT2D eigenvalue weighted by atomic mass is 9.75. The van der Waals surface area contributed by atoms with Crippen LogP contribution in [0.3, 0.4) is 0 Å². The Morgan fingerprint density at radius 2 is 2.31 bits per heavy atom. The van der Waals surface area contributed by atoms with E-state index in [1.165, 1.54) is 6.42 Å². The fraction of sp³-hybridized carbons (Fsp3) is 0.500. The van der Waals surface area contributed by atoms with Gasteiger partial charge in [-0.15, -0.1) is 0 Å². The van der Waals surface area contributed by atoms with Gasteiger partial charge in [-0.3, -0.25) is 4.79 Å². The summed E-state index contributed by atoms with van der Waals surface area (Å²) in [5.74, 6) is -0.0668. The zero-order valence-corrected chi connectivity index (χ0v) is 10.9. The predicted molar refractivity (Wildman–Crippen MR) is 66.3 cm³/mol. The van der Waals surface area contributed by atoms with Gasteiger partial charge in [0, 0.05) is 5.54 Å². The van der Waals surface area contributed by atoms with Crippen molar-refractivity contribution in [2.75, 3.05) is 0 Å². The van der Waals surface area contributed by atoms with Crippen LogP contribution in [0.15, 0.2) is 22.8 Å². The van der Waals surface area contributed by atoms with E-state index >= 15 is 0 Å². The second-order valence-electron chi connectivity index (χ2n) is 4.29. The van der Waals surface area contributed by atoms with E-state index in [0.717, 1.165) is 19.3 Å². The molecule has 4 heteroatoms. The molecule has 0 aliphatic heterocycles. The maximum Gasteiger partial charge on any atom is 0.270 e. The molecule has 1 amide bonds. The smallest absolute Gasteiger partial charge is 0.270 e. The van der Waals surface area contributed by atoms with Gasteiger partial charge in [0.2, 0.25) is 0 Å². The van der Waals surface area contributed by atoms with Crippen LogP contribution in [0, 0.1) is 0 Å². The summed E-state index contributed by atoms with van der Waals surface area (Å²) in [7, 11) is 0. The Kier molecular flexibility index (Phi) is 3.28. The number of rotatable bonds is 3. The fourth-order valence-corrected chi connectivity index (χ4v) is 2.35. The van der Waals surface area contributed by atoms with Crippen molar-refractivity contribution in [2.24, 2.45) is 0 Å². The molecule has 1 fully saturated rings. The lowest BCUT2D eigenvalue weighted by molar-refractivity contribution is 0.0815. The fourth-order valence-electron chi connectivity index (χ4n) is 2.01. The number of hydrogen-bond acceptors (Lipinski definition) is 2. The number of halogens is 1. The first-order chi connectivity index (χ1) is 7.65. The highest BCUT2D eigenvalue weighted by Gasteiger charge is 2.36. The first kappa shape index (κ1) is 11.6. The van der Waals surface area contributed by atoms with Crippen molar-refractivity contribution in [3.8, 4) is 0 Å². The molecule has 1 aromatic rings. The molecule has 1 aliphatic carbocycles. The largest absolute Gasteiger partial charge is 0.345 e. The quantitative estimate of drug-likeness (QED) is 0.867. The van der Waals surface area contributed by atoms with Gasteiger partial charge in [0.1, 0.15) is 10.3 Å². The van der Waals surface area contributed by atoms with Crippen molar-refractivity contribution in [1.29, 1.82) is 0 Å². The van der Waals surface area contributed by atoms with E-state index in [-0.39, 0.29) is 11.4 Å². The highest BCUT2D eigenvalue weighted by Crippen LogP contribution is 2.34. The maximum atomic E-state index is 12.0. The number of nitrogens with one attached hydrogen (secondary N) is 1. The zero-order valence-electron chi connectivity index (χ0n) is 9.29. The second-order valence-corrected chi connectivity index (χ2v) is 5.10. The molecule has 0 unspecified atom stereocenters. The van der Waals surface area contributed by atoms with E-state index in [9.17, 15) is 4.79 Å². The average molecular weight is 283 g/mol. The lowest BCUT2D eigenvalue weighted by Crippen LogP contribution is -2.53. The second kappa shape index (κ2) is 4.53. The SMILES string of the molecule is CCC1(NC(=O)c2cccc(Br)n2)CCC1. The summed E-state index contributed by atoms with van der Waals surface area (Å²) in [6, 6.07) is 5.38. The highest BCUT2D eigenvalue weighted by molar-refractivity contribution is 9.10. The Morgan fingerprint density at radius 1 is 1.56 bits per heavy atom. The van der Waals surface area contributed by atoms with E-state index < -0.39 is 0 Å². The molecule has 1 heterocycles. The van der Waals surface area contributed by atoms with Crippen LogP contribution in [-0.2, 0) is 0 Å². The third kappa shape index (κ3) is 2.26. The summed E-state index contributed by atoms with van der Waals surface area (Å²) in [5, 5.41) is 3.10. The molecule has 3 nitrogen and oxygen atoms in total.